The molecular weight excluding hydrogens is 446 g/mol. The number of fused-ring (bicyclic) bond motifs is 1. The van der Waals surface area contributed by atoms with Gasteiger partial charge in [-0.1, -0.05) is 47.7 Å². The summed E-state index contributed by atoms with van der Waals surface area (Å²) in [6, 6.07) is 17.4. The largest absolute Gasteiger partial charge is 0.497 e. The Morgan fingerprint density at radius 1 is 1.00 bits per heavy atom. The first-order chi connectivity index (χ1) is 17.1. The van der Waals surface area contributed by atoms with Crippen LogP contribution >= 0.6 is 0 Å². The normalized spacial score (nSPS) is 17.9. The molecule has 0 saturated carbocycles. The fourth-order valence-corrected chi connectivity index (χ4v) is 4.31. The topological polar surface area (TPSA) is 89.8 Å². The number of methoxy groups -OCH3 is 1. The Bertz CT molecular complexity index is 1210. The highest BCUT2D eigenvalue weighted by atomic mass is 16.5. The number of carbonyl (C=O) groups is 2. The Hall–Kier alpha value is -3.98. The van der Waals surface area contributed by atoms with E-state index in [9.17, 15) is 9.59 Å². The summed E-state index contributed by atoms with van der Waals surface area (Å²) in [7, 11) is 1.62. The molecule has 2 aromatic carbocycles. The summed E-state index contributed by atoms with van der Waals surface area (Å²) in [4.78, 5) is 29.2. The van der Waals surface area contributed by atoms with E-state index in [4.69, 9.17) is 9.47 Å². The Morgan fingerprint density at radius 2 is 1.71 bits per heavy atom. The SMILES string of the molecule is COc1ccc(/C=C/C(=O)N2CCN(C(=O)c3nnn4c3COC(c3ccccc3)C4)CC2)cc1. The van der Waals surface area contributed by atoms with E-state index in [1.807, 2.05) is 54.6 Å². The number of hydrogen-bond donors (Lipinski definition) is 0. The van der Waals surface area contributed by atoms with Crippen molar-refractivity contribution in [3.63, 3.8) is 0 Å². The number of benzene rings is 2. The van der Waals surface area contributed by atoms with E-state index in [1.165, 1.54) is 0 Å². The zero-order valence-electron chi connectivity index (χ0n) is 19.5. The third kappa shape index (κ3) is 4.95. The molecule has 1 atom stereocenters. The van der Waals surface area contributed by atoms with Gasteiger partial charge in [0.05, 0.1) is 26.0 Å². The maximum absolute atomic E-state index is 13.2. The molecule has 35 heavy (non-hydrogen) atoms. The van der Waals surface area contributed by atoms with Crippen LogP contribution in [0.4, 0.5) is 0 Å². The highest BCUT2D eigenvalue weighted by Gasteiger charge is 2.31. The van der Waals surface area contributed by atoms with Crippen LogP contribution in [0.5, 0.6) is 5.75 Å². The van der Waals surface area contributed by atoms with Gasteiger partial charge >= 0.3 is 0 Å². The van der Waals surface area contributed by atoms with Gasteiger partial charge in [0.15, 0.2) is 5.69 Å². The van der Waals surface area contributed by atoms with Gasteiger partial charge in [-0.15, -0.1) is 5.10 Å². The second kappa shape index (κ2) is 10.1. The highest BCUT2D eigenvalue weighted by molar-refractivity contribution is 5.94. The van der Waals surface area contributed by atoms with Crippen LogP contribution in [0.3, 0.4) is 0 Å². The van der Waals surface area contributed by atoms with E-state index >= 15 is 0 Å². The first-order valence-electron chi connectivity index (χ1n) is 11.6. The molecule has 2 aliphatic heterocycles. The van der Waals surface area contributed by atoms with E-state index in [0.29, 0.717) is 44.1 Å². The molecule has 0 bridgehead atoms. The van der Waals surface area contributed by atoms with E-state index in [1.54, 1.807) is 33.7 Å². The minimum atomic E-state index is -0.172. The molecule has 1 aromatic heterocycles. The molecule has 1 fully saturated rings. The molecule has 3 heterocycles. The lowest BCUT2D eigenvalue weighted by Crippen LogP contribution is -2.50. The molecule has 9 heteroatoms. The summed E-state index contributed by atoms with van der Waals surface area (Å²) >= 11 is 0. The maximum Gasteiger partial charge on any atom is 0.276 e. The minimum absolute atomic E-state index is 0.0747. The van der Waals surface area contributed by atoms with E-state index in [0.717, 1.165) is 16.9 Å². The van der Waals surface area contributed by atoms with E-state index < -0.39 is 0 Å². The minimum Gasteiger partial charge on any atom is -0.497 e. The second-order valence-electron chi connectivity index (χ2n) is 8.50. The highest BCUT2D eigenvalue weighted by Crippen LogP contribution is 2.27. The number of aromatic nitrogens is 3. The van der Waals surface area contributed by atoms with E-state index in [2.05, 4.69) is 10.3 Å². The fourth-order valence-electron chi connectivity index (χ4n) is 4.31. The average Bonchev–Trinajstić information content (AvgIpc) is 3.35. The molecule has 2 amide bonds. The Kier molecular flexibility index (Phi) is 6.58. The van der Waals surface area contributed by atoms with Gasteiger partial charge in [-0.2, -0.15) is 0 Å². The zero-order valence-corrected chi connectivity index (χ0v) is 19.5. The molecule has 0 spiro atoms. The monoisotopic (exact) mass is 473 g/mol. The lowest BCUT2D eigenvalue weighted by Gasteiger charge is -2.34. The van der Waals surface area contributed by atoms with Crippen LogP contribution in [0.1, 0.15) is 33.4 Å². The third-order valence-electron chi connectivity index (χ3n) is 6.38. The number of hydrogen-bond acceptors (Lipinski definition) is 6. The first kappa shape index (κ1) is 22.8. The van der Waals surface area contributed by atoms with Crippen LogP contribution in [-0.2, 0) is 22.7 Å². The molecule has 0 aliphatic carbocycles. The first-order valence-corrected chi connectivity index (χ1v) is 11.6. The van der Waals surface area contributed by atoms with Crippen LogP contribution in [0.15, 0.2) is 60.7 Å². The van der Waals surface area contributed by atoms with Crippen LogP contribution < -0.4 is 4.74 Å². The molecule has 0 N–H and O–H groups in total. The lowest BCUT2D eigenvalue weighted by molar-refractivity contribution is -0.127. The molecule has 9 nitrogen and oxygen atoms in total. The smallest absolute Gasteiger partial charge is 0.276 e. The molecule has 0 radical (unpaired) electrons. The van der Waals surface area contributed by atoms with Gasteiger partial charge in [0.1, 0.15) is 11.9 Å². The fraction of sp³-hybridized carbons (Fsp3) is 0.308. The number of amides is 2. The number of carbonyl (C=O) groups excluding carboxylic acids is 2. The van der Waals surface area contributed by atoms with Gasteiger partial charge in [0.25, 0.3) is 5.91 Å². The van der Waals surface area contributed by atoms with Crippen molar-refractivity contribution in [3.05, 3.63) is 83.2 Å². The van der Waals surface area contributed by atoms with Crippen molar-refractivity contribution in [1.29, 1.82) is 0 Å². The van der Waals surface area contributed by atoms with E-state index in [-0.39, 0.29) is 24.5 Å². The molecule has 1 unspecified atom stereocenters. The summed E-state index contributed by atoms with van der Waals surface area (Å²) in [6.45, 7) is 2.62. The van der Waals surface area contributed by atoms with Gasteiger partial charge in [0.2, 0.25) is 5.91 Å². The molecule has 5 rings (SSSR count). The van der Waals surface area contributed by atoms with Gasteiger partial charge in [-0.05, 0) is 29.3 Å². The van der Waals surface area contributed by atoms with Crippen molar-refractivity contribution in [2.24, 2.45) is 0 Å². The van der Waals surface area contributed by atoms with Gasteiger partial charge in [0, 0.05) is 32.3 Å². The van der Waals surface area contributed by atoms with Gasteiger partial charge in [-0.3, -0.25) is 9.59 Å². The molecule has 2 aliphatic rings. The Morgan fingerprint density at radius 3 is 2.43 bits per heavy atom. The summed E-state index contributed by atoms with van der Waals surface area (Å²) < 4.78 is 12.9. The van der Waals surface area contributed by atoms with Gasteiger partial charge in [-0.25, -0.2) is 4.68 Å². The summed E-state index contributed by atoms with van der Waals surface area (Å²) in [6.07, 6.45) is 3.23. The van der Waals surface area contributed by atoms with Crippen molar-refractivity contribution >= 4 is 17.9 Å². The number of ether oxygens (including phenoxy) is 2. The van der Waals surface area contributed by atoms with Crippen LogP contribution in [-0.4, -0.2) is 69.9 Å². The van der Waals surface area contributed by atoms with Crippen molar-refractivity contribution in [2.45, 2.75) is 19.3 Å². The van der Waals surface area contributed by atoms with Crippen LogP contribution in [0.2, 0.25) is 0 Å². The summed E-state index contributed by atoms with van der Waals surface area (Å²) in [5.74, 6) is 0.522. The quantitative estimate of drug-likeness (QED) is 0.529. The van der Waals surface area contributed by atoms with Crippen LogP contribution in [0, 0.1) is 0 Å². The number of piperazine rings is 1. The maximum atomic E-state index is 13.2. The van der Waals surface area contributed by atoms with Crippen molar-refractivity contribution < 1.29 is 19.1 Å². The molecule has 3 aromatic rings. The predicted molar refractivity (Wildman–Crippen MR) is 129 cm³/mol. The summed E-state index contributed by atoms with van der Waals surface area (Å²) in [5, 5.41) is 8.38. The standard InChI is InChI=1S/C26H27N5O4/c1-34-21-10-7-19(8-11-21)9-12-24(32)29-13-15-30(16-14-29)26(33)25-22-18-35-23(17-31(22)28-27-25)20-5-3-2-4-6-20/h2-12,23H,13-18H2,1H3/b12-9+. The molecular formula is C26H27N5O4. The molecule has 180 valence electrons. The van der Waals surface area contributed by atoms with Crippen molar-refractivity contribution in [3.8, 4) is 5.75 Å². The lowest BCUT2D eigenvalue weighted by atomic mass is 10.1. The van der Waals surface area contributed by atoms with Crippen molar-refractivity contribution in [2.75, 3.05) is 33.3 Å². The zero-order chi connectivity index (χ0) is 24.2. The summed E-state index contributed by atoms with van der Waals surface area (Å²) in [5.41, 5.74) is 3.02. The second-order valence-corrected chi connectivity index (χ2v) is 8.50. The van der Waals surface area contributed by atoms with Crippen LogP contribution in [0.25, 0.3) is 6.08 Å². The van der Waals surface area contributed by atoms with Gasteiger partial charge < -0.3 is 19.3 Å². The number of nitrogens with zero attached hydrogens (tertiary/aromatic N) is 5. The average molecular weight is 474 g/mol. The third-order valence-corrected chi connectivity index (χ3v) is 6.38. The number of rotatable bonds is 5. The van der Waals surface area contributed by atoms with Crippen molar-refractivity contribution in [1.82, 2.24) is 24.8 Å². The Balaban J connectivity index is 1.17. The predicted octanol–water partition coefficient (Wildman–Crippen LogP) is 2.56. The molecule has 1 saturated heterocycles. The Labute approximate surface area is 203 Å².